The van der Waals surface area contributed by atoms with Gasteiger partial charge in [-0.2, -0.15) is 0 Å². The number of nitrogens with two attached hydrogens (primary N) is 1. The van der Waals surface area contributed by atoms with Gasteiger partial charge in [0.2, 0.25) is 5.91 Å². The van der Waals surface area contributed by atoms with Crippen LogP contribution in [0.3, 0.4) is 0 Å². The summed E-state index contributed by atoms with van der Waals surface area (Å²) in [7, 11) is 0. The van der Waals surface area contributed by atoms with E-state index in [9.17, 15) is 4.79 Å². The van der Waals surface area contributed by atoms with Crippen molar-refractivity contribution >= 4 is 5.91 Å². The molecular weight excluding hydrogens is 240 g/mol. The van der Waals surface area contributed by atoms with E-state index in [1.54, 1.807) is 12.4 Å². The summed E-state index contributed by atoms with van der Waals surface area (Å²) in [4.78, 5) is 18.1. The molecule has 1 fully saturated rings. The Kier molecular flexibility index (Phi) is 4.87. The SMILES string of the molecule is CC(NC(=O)CN1CCC(N)CC1)c1ccncc1. The molecule has 0 aliphatic carbocycles. The third kappa shape index (κ3) is 4.29. The van der Waals surface area contributed by atoms with Gasteiger partial charge in [0.1, 0.15) is 0 Å². The summed E-state index contributed by atoms with van der Waals surface area (Å²) in [5.74, 6) is 0.0692. The summed E-state index contributed by atoms with van der Waals surface area (Å²) in [6.07, 6.45) is 5.44. The zero-order chi connectivity index (χ0) is 13.7. The molecule has 104 valence electrons. The molecule has 0 saturated carbocycles. The van der Waals surface area contributed by atoms with E-state index in [0.29, 0.717) is 12.6 Å². The minimum atomic E-state index is 0.0162. The quantitative estimate of drug-likeness (QED) is 0.837. The Balaban J connectivity index is 1.78. The molecule has 1 amide bonds. The molecule has 2 heterocycles. The first-order chi connectivity index (χ1) is 9.15. The Morgan fingerprint density at radius 1 is 1.47 bits per heavy atom. The first-order valence-electron chi connectivity index (χ1n) is 6.82. The largest absolute Gasteiger partial charge is 0.348 e. The Morgan fingerprint density at radius 3 is 2.74 bits per heavy atom. The lowest BCUT2D eigenvalue weighted by molar-refractivity contribution is -0.123. The highest BCUT2D eigenvalue weighted by atomic mass is 16.2. The van der Waals surface area contributed by atoms with Crippen molar-refractivity contribution in [2.75, 3.05) is 19.6 Å². The number of nitrogens with one attached hydrogen (secondary N) is 1. The van der Waals surface area contributed by atoms with Gasteiger partial charge in [-0.1, -0.05) is 0 Å². The fraction of sp³-hybridized carbons (Fsp3) is 0.571. The molecule has 1 aliphatic rings. The van der Waals surface area contributed by atoms with Gasteiger partial charge in [-0.25, -0.2) is 0 Å². The van der Waals surface area contributed by atoms with Crippen LogP contribution in [0.4, 0.5) is 0 Å². The smallest absolute Gasteiger partial charge is 0.234 e. The molecule has 3 N–H and O–H groups in total. The second kappa shape index (κ2) is 6.63. The average molecular weight is 262 g/mol. The normalized spacial score (nSPS) is 19.1. The number of amides is 1. The summed E-state index contributed by atoms with van der Waals surface area (Å²) in [6.45, 7) is 4.28. The number of hydrogen-bond donors (Lipinski definition) is 2. The Bertz CT molecular complexity index is 401. The van der Waals surface area contributed by atoms with E-state index in [1.807, 2.05) is 19.1 Å². The van der Waals surface area contributed by atoms with Gasteiger partial charge >= 0.3 is 0 Å². The van der Waals surface area contributed by atoms with Gasteiger partial charge in [0.25, 0.3) is 0 Å². The van der Waals surface area contributed by atoms with Crippen LogP contribution in [0.1, 0.15) is 31.4 Å². The summed E-state index contributed by atoms with van der Waals surface area (Å²) < 4.78 is 0. The van der Waals surface area contributed by atoms with Gasteiger partial charge in [-0.15, -0.1) is 0 Å². The number of carbonyl (C=O) groups excluding carboxylic acids is 1. The van der Waals surface area contributed by atoms with Crippen molar-refractivity contribution in [1.82, 2.24) is 15.2 Å². The van der Waals surface area contributed by atoms with Crippen LogP contribution < -0.4 is 11.1 Å². The Morgan fingerprint density at radius 2 is 2.11 bits per heavy atom. The number of aromatic nitrogens is 1. The fourth-order valence-corrected chi connectivity index (χ4v) is 2.34. The maximum atomic E-state index is 12.0. The highest BCUT2D eigenvalue weighted by Crippen LogP contribution is 2.11. The molecule has 5 nitrogen and oxygen atoms in total. The number of hydrogen-bond acceptors (Lipinski definition) is 4. The molecule has 1 aromatic rings. The fourth-order valence-electron chi connectivity index (χ4n) is 2.34. The van der Waals surface area contributed by atoms with Gasteiger partial charge in [0.05, 0.1) is 12.6 Å². The van der Waals surface area contributed by atoms with E-state index in [2.05, 4.69) is 15.2 Å². The lowest BCUT2D eigenvalue weighted by Crippen LogP contribution is -2.44. The van der Waals surface area contributed by atoms with E-state index in [4.69, 9.17) is 5.73 Å². The molecule has 19 heavy (non-hydrogen) atoms. The lowest BCUT2D eigenvalue weighted by atomic mass is 10.1. The van der Waals surface area contributed by atoms with Crippen LogP contribution >= 0.6 is 0 Å². The monoisotopic (exact) mass is 262 g/mol. The van der Waals surface area contributed by atoms with Crippen molar-refractivity contribution in [2.45, 2.75) is 31.8 Å². The van der Waals surface area contributed by atoms with Crippen molar-refractivity contribution in [2.24, 2.45) is 5.73 Å². The van der Waals surface area contributed by atoms with Crippen molar-refractivity contribution in [3.8, 4) is 0 Å². The molecule has 0 bridgehead atoms. The van der Waals surface area contributed by atoms with Crippen molar-refractivity contribution in [3.05, 3.63) is 30.1 Å². The Labute approximate surface area is 114 Å². The first-order valence-corrected chi connectivity index (χ1v) is 6.82. The maximum Gasteiger partial charge on any atom is 0.234 e. The van der Waals surface area contributed by atoms with E-state index in [0.717, 1.165) is 31.5 Å². The van der Waals surface area contributed by atoms with E-state index >= 15 is 0 Å². The van der Waals surface area contributed by atoms with Crippen LogP contribution in [0, 0.1) is 0 Å². The van der Waals surface area contributed by atoms with Crippen LogP contribution in [0.15, 0.2) is 24.5 Å². The van der Waals surface area contributed by atoms with Crippen molar-refractivity contribution in [3.63, 3.8) is 0 Å². The molecule has 5 heteroatoms. The van der Waals surface area contributed by atoms with Crippen LogP contribution in [0.25, 0.3) is 0 Å². The molecule has 0 radical (unpaired) electrons. The number of nitrogens with zero attached hydrogens (tertiary/aromatic N) is 2. The number of piperidine rings is 1. The van der Waals surface area contributed by atoms with Gasteiger partial charge < -0.3 is 11.1 Å². The van der Waals surface area contributed by atoms with Gasteiger partial charge in [0, 0.05) is 31.5 Å². The summed E-state index contributed by atoms with van der Waals surface area (Å²) >= 11 is 0. The Hall–Kier alpha value is -1.46. The van der Waals surface area contributed by atoms with Crippen LogP contribution in [-0.2, 0) is 4.79 Å². The van der Waals surface area contributed by atoms with E-state index < -0.39 is 0 Å². The molecule has 1 saturated heterocycles. The van der Waals surface area contributed by atoms with Gasteiger partial charge in [-0.05, 0) is 37.5 Å². The highest BCUT2D eigenvalue weighted by Gasteiger charge is 2.19. The van der Waals surface area contributed by atoms with Crippen LogP contribution in [-0.4, -0.2) is 41.5 Å². The predicted molar refractivity (Wildman–Crippen MR) is 74.4 cm³/mol. The summed E-state index contributed by atoms with van der Waals surface area (Å²) in [6, 6.07) is 4.16. The standard InChI is InChI=1S/C14H22N4O/c1-11(12-2-6-16-7-3-12)17-14(19)10-18-8-4-13(15)5-9-18/h2-3,6-7,11,13H,4-5,8-10,15H2,1H3,(H,17,19). The molecule has 1 unspecified atom stereocenters. The molecular formula is C14H22N4O. The van der Waals surface area contributed by atoms with Crippen LogP contribution in [0.2, 0.25) is 0 Å². The minimum Gasteiger partial charge on any atom is -0.348 e. The highest BCUT2D eigenvalue weighted by molar-refractivity contribution is 5.78. The third-order valence-corrected chi connectivity index (χ3v) is 3.58. The third-order valence-electron chi connectivity index (χ3n) is 3.58. The second-order valence-corrected chi connectivity index (χ2v) is 5.18. The minimum absolute atomic E-state index is 0.0162. The lowest BCUT2D eigenvalue weighted by Gasteiger charge is -2.29. The molecule has 1 aliphatic heterocycles. The topological polar surface area (TPSA) is 71.2 Å². The zero-order valence-electron chi connectivity index (χ0n) is 11.4. The number of carbonyl (C=O) groups is 1. The van der Waals surface area contributed by atoms with Crippen molar-refractivity contribution < 1.29 is 4.79 Å². The van der Waals surface area contributed by atoms with E-state index in [1.165, 1.54) is 0 Å². The molecule has 0 spiro atoms. The second-order valence-electron chi connectivity index (χ2n) is 5.18. The van der Waals surface area contributed by atoms with Gasteiger partial charge in [0.15, 0.2) is 0 Å². The molecule has 0 aromatic carbocycles. The van der Waals surface area contributed by atoms with Crippen molar-refractivity contribution in [1.29, 1.82) is 0 Å². The number of pyridine rings is 1. The van der Waals surface area contributed by atoms with E-state index in [-0.39, 0.29) is 11.9 Å². The summed E-state index contributed by atoms with van der Waals surface area (Å²) in [5.41, 5.74) is 6.92. The van der Waals surface area contributed by atoms with Crippen LogP contribution in [0.5, 0.6) is 0 Å². The molecule has 1 aromatic heterocycles. The predicted octanol–water partition coefficient (Wildman–Crippen LogP) is 0.682. The molecule has 1 atom stereocenters. The number of likely N-dealkylation sites (tertiary alicyclic amines) is 1. The molecule has 2 rings (SSSR count). The number of rotatable bonds is 4. The average Bonchev–Trinajstić information content (AvgIpc) is 2.42. The van der Waals surface area contributed by atoms with Gasteiger partial charge in [-0.3, -0.25) is 14.7 Å². The first kappa shape index (κ1) is 14.0. The summed E-state index contributed by atoms with van der Waals surface area (Å²) in [5, 5.41) is 3.02. The zero-order valence-corrected chi connectivity index (χ0v) is 11.4. The maximum absolute atomic E-state index is 12.0.